The highest BCUT2D eigenvalue weighted by molar-refractivity contribution is 9.10. The molecule has 1 aliphatic rings. The predicted molar refractivity (Wildman–Crippen MR) is 73.6 cm³/mol. The second-order valence-electron chi connectivity index (χ2n) is 4.31. The number of para-hydroxylation sites is 1. The summed E-state index contributed by atoms with van der Waals surface area (Å²) in [5.74, 6) is 0.940. The molecule has 0 saturated heterocycles. The Morgan fingerprint density at radius 2 is 2.17 bits per heavy atom. The number of hydrogen-bond acceptors (Lipinski definition) is 3. The molecule has 1 aromatic carbocycles. The predicted octanol–water partition coefficient (Wildman–Crippen LogP) is 2.83. The van der Waals surface area contributed by atoms with Crippen LogP contribution in [0.3, 0.4) is 0 Å². The minimum Gasteiger partial charge on any atom is -0.493 e. The highest BCUT2D eigenvalue weighted by Crippen LogP contribution is 2.34. The molecule has 1 aliphatic heterocycles. The lowest BCUT2D eigenvalue weighted by molar-refractivity contribution is 0.352. The molecule has 0 saturated carbocycles. The maximum absolute atomic E-state index is 6.28. The van der Waals surface area contributed by atoms with Crippen molar-refractivity contribution in [3.05, 3.63) is 57.8 Å². The van der Waals surface area contributed by atoms with Gasteiger partial charge in [0, 0.05) is 22.7 Å². The summed E-state index contributed by atoms with van der Waals surface area (Å²) >= 11 is 3.37. The van der Waals surface area contributed by atoms with Crippen LogP contribution in [0.4, 0.5) is 0 Å². The highest BCUT2D eigenvalue weighted by Gasteiger charge is 2.21. The van der Waals surface area contributed by atoms with Crippen molar-refractivity contribution in [3.8, 4) is 5.75 Å². The topological polar surface area (TPSA) is 48.1 Å². The maximum Gasteiger partial charge on any atom is 0.127 e. The first-order valence-electron chi connectivity index (χ1n) is 5.87. The van der Waals surface area contributed by atoms with E-state index in [4.69, 9.17) is 10.5 Å². The zero-order chi connectivity index (χ0) is 12.5. The summed E-state index contributed by atoms with van der Waals surface area (Å²) in [6.07, 6.45) is 2.73. The monoisotopic (exact) mass is 304 g/mol. The zero-order valence-corrected chi connectivity index (χ0v) is 11.4. The molecule has 0 fully saturated rings. The van der Waals surface area contributed by atoms with Crippen LogP contribution in [0.15, 0.2) is 41.0 Å². The first kappa shape index (κ1) is 11.7. The molecule has 2 N–H and O–H groups in total. The summed E-state index contributed by atoms with van der Waals surface area (Å²) < 4.78 is 6.63. The largest absolute Gasteiger partial charge is 0.493 e. The van der Waals surface area contributed by atoms with Crippen molar-refractivity contribution in [2.75, 3.05) is 6.61 Å². The van der Waals surface area contributed by atoms with Gasteiger partial charge in [-0.25, -0.2) is 0 Å². The molecule has 1 unspecified atom stereocenters. The summed E-state index contributed by atoms with van der Waals surface area (Å²) in [6, 6.07) is 9.77. The minimum atomic E-state index is -0.244. The van der Waals surface area contributed by atoms with E-state index in [1.54, 1.807) is 6.20 Å². The van der Waals surface area contributed by atoms with E-state index in [2.05, 4.69) is 27.0 Å². The minimum absolute atomic E-state index is 0.244. The number of pyridine rings is 1. The van der Waals surface area contributed by atoms with Crippen molar-refractivity contribution in [3.63, 3.8) is 0 Å². The van der Waals surface area contributed by atoms with Crippen molar-refractivity contribution in [1.29, 1.82) is 0 Å². The molecule has 4 heteroatoms. The molecule has 92 valence electrons. The molecule has 0 amide bonds. The second kappa shape index (κ2) is 4.71. The van der Waals surface area contributed by atoms with Gasteiger partial charge in [-0.05, 0) is 33.6 Å². The van der Waals surface area contributed by atoms with Crippen LogP contribution in [0.2, 0.25) is 0 Å². The smallest absolute Gasteiger partial charge is 0.127 e. The summed E-state index contributed by atoms with van der Waals surface area (Å²) in [7, 11) is 0. The van der Waals surface area contributed by atoms with Crippen LogP contribution in [0.25, 0.3) is 0 Å². The maximum atomic E-state index is 6.28. The van der Waals surface area contributed by atoms with Crippen LogP contribution >= 0.6 is 15.9 Å². The van der Waals surface area contributed by atoms with E-state index in [0.29, 0.717) is 0 Å². The number of rotatable bonds is 2. The number of ether oxygens (including phenoxy) is 1. The molecule has 1 aromatic heterocycles. The molecule has 0 bridgehead atoms. The number of fused-ring (bicyclic) bond motifs is 1. The van der Waals surface area contributed by atoms with Crippen LogP contribution in [0, 0.1) is 0 Å². The Morgan fingerprint density at radius 1 is 1.28 bits per heavy atom. The Hall–Kier alpha value is -1.39. The molecule has 3 rings (SSSR count). The van der Waals surface area contributed by atoms with Crippen LogP contribution in [-0.4, -0.2) is 11.6 Å². The van der Waals surface area contributed by atoms with Crippen LogP contribution in [0.5, 0.6) is 5.75 Å². The fourth-order valence-corrected chi connectivity index (χ4v) is 2.45. The van der Waals surface area contributed by atoms with E-state index in [-0.39, 0.29) is 6.04 Å². The number of aromatic nitrogens is 1. The van der Waals surface area contributed by atoms with Crippen LogP contribution in [0.1, 0.15) is 22.9 Å². The molecule has 2 heterocycles. The molecule has 18 heavy (non-hydrogen) atoms. The lowest BCUT2D eigenvalue weighted by Gasteiger charge is -2.15. The number of benzene rings is 1. The fraction of sp³-hybridized carbons (Fsp3) is 0.214. The fourth-order valence-electron chi connectivity index (χ4n) is 2.22. The molecular formula is C14H13BrN2O. The molecule has 3 nitrogen and oxygen atoms in total. The first-order valence-corrected chi connectivity index (χ1v) is 6.66. The number of nitrogens with zero attached hydrogens (tertiary/aromatic N) is 1. The number of hydrogen-bond donors (Lipinski definition) is 1. The zero-order valence-electron chi connectivity index (χ0n) is 9.77. The summed E-state index contributed by atoms with van der Waals surface area (Å²) in [5, 5.41) is 0. The highest BCUT2D eigenvalue weighted by atomic mass is 79.9. The third-order valence-corrected chi connectivity index (χ3v) is 3.62. The Labute approximate surface area is 114 Å². The molecule has 2 aromatic rings. The average Bonchev–Trinajstić information content (AvgIpc) is 2.87. The summed E-state index contributed by atoms with van der Waals surface area (Å²) in [4.78, 5) is 4.35. The van der Waals surface area contributed by atoms with Crippen molar-refractivity contribution in [2.45, 2.75) is 12.5 Å². The standard InChI is InChI=1S/C14H13BrN2O/c15-10-4-5-12(17-8-10)13(16)11-3-1-2-9-6-7-18-14(9)11/h1-5,8,13H,6-7,16H2. The van der Waals surface area contributed by atoms with Gasteiger partial charge in [-0.2, -0.15) is 0 Å². The van der Waals surface area contributed by atoms with Gasteiger partial charge in [0.05, 0.1) is 18.3 Å². The second-order valence-corrected chi connectivity index (χ2v) is 5.23. The lowest BCUT2D eigenvalue weighted by atomic mass is 10.00. The Balaban J connectivity index is 2.00. The van der Waals surface area contributed by atoms with Gasteiger partial charge < -0.3 is 10.5 Å². The molecule has 0 spiro atoms. The molecular weight excluding hydrogens is 292 g/mol. The average molecular weight is 305 g/mol. The van der Waals surface area contributed by atoms with Gasteiger partial charge in [0.15, 0.2) is 0 Å². The van der Waals surface area contributed by atoms with Gasteiger partial charge in [-0.1, -0.05) is 18.2 Å². The van der Waals surface area contributed by atoms with Gasteiger partial charge in [0.1, 0.15) is 5.75 Å². The van der Waals surface area contributed by atoms with E-state index >= 15 is 0 Å². The molecule has 1 atom stereocenters. The SMILES string of the molecule is NC(c1ccc(Br)cn1)c1cccc2c1OCC2. The number of nitrogens with two attached hydrogens (primary N) is 1. The van der Waals surface area contributed by atoms with E-state index in [0.717, 1.165) is 34.5 Å². The van der Waals surface area contributed by atoms with Crippen LogP contribution < -0.4 is 10.5 Å². The van der Waals surface area contributed by atoms with Crippen molar-refractivity contribution in [1.82, 2.24) is 4.98 Å². The van der Waals surface area contributed by atoms with Gasteiger partial charge in [-0.15, -0.1) is 0 Å². The van der Waals surface area contributed by atoms with Crippen molar-refractivity contribution < 1.29 is 4.74 Å². The van der Waals surface area contributed by atoms with E-state index in [9.17, 15) is 0 Å². The quantitative estimate of drug-likeness (QED) is 0.928. The molecule has 0 radical (unpaired) electrons. The Morgan fingerprint density at radius 3 is 2.94 bits per heavy atom. The van der Waals surface area contributed by atoms with Gasteiger partial charge in [-0.3, -0.25) is 4.98 Å². The lowest BCUT2D eigenvalue weighted by Crippen LogP contribution is -2.14. The van der Waals surface area contributed by atoms with Gasteiger partial charge in [0.2, 0.25) is 0 Å². The van der Waals surface area contributed by atoms with Gasteiger partial charge >= 0.3 is 0 Å². The van der Waals surface area contributed by atoms with Crippen molar-refractivity contribution in [2.24, 2.45) is 5.73 Å². The van der Waals surface area contributed by atoms with E-state index < -0.39 is 0 Å². The summed E-state index contributed by atoms with van der Waals surface area (Å²) in [5.41, 5.74) is 9.38. The first-order chi connectivity index (χ1) is 8.75. The van der Waals surface area contributed by atoms with E-state index in [1.807, 2.05) is 24.3 Å². The third-order valence-electron chi connectivity index (χ3n) is 3.15. The van der Waals surface area contributed by atoms with E-state index in [1.165, 1.54) is 5.56 Å². The van der Waals surface area contributed by atoms with Crippen molar-refractivity contribution >= 4 is 15.9 Å². The normalized spacial score (nSPS) is 15.0. The number of halogens is 1. The Bertz CT molecular complexity index is 569. The third kappa shape index (κ3) is 2.02. The molecule has 0 aliphatic carbocycles. The van der Waals surface area contributed by atoms with Crippen LogP contribution in [-0.2, 0) is 6.42 Å². The Kier molecular flexibility index (Phi) is 3.06. The van der Waals surface area contributed by atoms with Gasteiger partial charge in [0.25, 0.3) is 0 Å². The summed E-state index contributed by atoms with van der Waals surface area (Å²) in [6.45, 7) is 0.743.